The number of nitrogens with zero attached hydrogens (tertiary/aromatic N) is 1. The Balaban J connectivity index is 2.01. The number of ether oxygens (including phenoxy) is 4. The van der Waals surface area contributed by atoms with Crippen molar-refractivity contribution < 1.29 is 37.2 Å². The van der Waals surface area contributed by atoms with Crippen LogP contribution in [0.3, 0.4) is 0 Å². The minimum absolute atomic E-state index is 0.0890. The molecule has 0 atom stereocenters. The molecule has 0 amide bonds. The van der Waals surface area contributed by atoms with Crippen molar-refractivity contribution in [1.82, 2.24) is 4.98 Å². The molecule has 0 saturated carbocycles. The number of aromatic nitrogens is 1. The highest BCUT2D eigenvalue weighted by atomic mass is 19.4. The van der Waals surface area contributed by atoms with Crippen molar-refractivity contribution in [2.75, 3.05) is 21.3 Å². The van der Waals surface area contributed by atoms with Crippen LogP contribution in [0.25, 0.3) is 11.1 Å². The maximum absolute atomic E-state index is 13.2. The molecule has 0 radical (unpaired) electrons. The van der Waals surface area contributed by atoms with Crippen LogP contribution >= 0.6 is 0 Å². The van der Waals surface area contributed by atoms with Gasteiger partial charge in [-0.2, -0.15) is 0 Å². The minimum Gasteiger partial charge on any atom is -0.506 e. The molecule has 40 heavy (non-hydrogen) atoms. The molecule has 11 heteroatoms. The monoisotopic (exact) mass is 560 g/mol. The van der Waals surface area contributed by atoms with Crippen molar-refractivity contribution in [2.24, 2.45) is 4.99 Å². The third kappa shape index (κ3) is 7.16. The molecular weight excluding hydrogens is 529 g/mol. The maximum Gasteiger partial charge on any atom is 0.573 e. The number of hydrogen-bond donors (Lipinski definition) is 2. The lowest BCUT2D eigenvalue weighted by atomic mass is 9.95. The summed E-state index contributed by atoms with van der Waals surface area (Å²) in [5, 5.41) is 11.5. The molecule has 2 aromatic carbocycles. The third-order valence-electron chi connectivity index (χ3n) is 5.94. The molecule has 8 nitrogen and oxygen atoms in total. The Hall–Kier alpha value is -4.41. The van der Waals surface area contributed by atoms with Crippen molar-refractivity contribution in [3.8, 4) is 34.1 Å². The zero-order chi connectivity index (χ0) is 29.4. The number of alkyl halides is 3. The summed E-state index contributed by atoms with van der Waals surface area (Å²) < 4.78 is 58.1. The molecule has 1 heterocycles. The van der Waals surface area contributed by atoms with Crippen molar-refractivity contribution in [3.05, 3.63) is 82.0 Å². The van der Waals surface area contributed by atoms with Crippen molar-refractivity contribution >= 4 is 5.90 Å². The highest BCUT2D eigenvalue weighted by Crippen LogP contribution is 2.45. The van der Waals surface area contributed by atoms with Gasteiger partial charge in [0.1, 0.15) is 34.3 Å². The summed E-state index contributed by atoms with van der Waals surface area (Å²) in [6, 6.07) is 10.4. The van der Waals surface area contributed by atoms with Crippen molar-refractivity contribution in [3.63, 3.8) is 0 Å². The van der Waals surface area contributed by atoms with Gasteiger partial charge in [-0.15, -0.1) is 13.2 Å². The number of unbranched alkanes of at least 4 members (excludes halogenated alkanes) is 1. The van der Waals surface area contributed by atoms with Crippen LogP contribution in [0.4, 0.5) is 13.2 Å². The lowest BCUT2D eigenvalue weighted by Crippen LogP contribution is -2.23. The zero-order valence-corrected chi connectivity index (χ0v) is 22.6. The van der Waals surface area contributed by atoms with Gasteiger partial charge >= 0.3 is 6.36 Å². The van der Waals surface area contributed by atoms with Crippen LogP contribution < -0.4 is 19.8 Å². The number of aryl methyl sites for hydroxylation is 1. The van der Waals surface area contributed by atoms with E-state index in [2.05, 4.69) is 21.3 Å². The minimum atomic E-state index is -4.80. The van der Waals surface area contributed by atoms with E-state index in [4.69, 9.17) is 14.2 Å². The summed E-state index contributed by atoms with van der Waals surface area (Å²) in [7, 11) is 4.36. The van der Waals surface area contributed by atoms with E-state index in [1.807, 2.05) is 6.92 Å². The first-order chi connectivity index (χ1) is 19.0. The Bertz CT molecular complexity index is 1410. The van der Waals surface area contributed by atoms with Gasteiger partial charge in [-0.3, -0.25) is 9.79 Å². The summed E-state index contributed by atoms with van der Waals surface area (Å²) in [5.74, 6) is 0.0397. The number of rotatable bonds is 11. The van der Waals surface area contributed by atoms with Crippen LogP contribution in [-0.4, -0.2) is 43.6 Å². The molecule has 0 aliphatic rings. The lowest BCUT2D eigenvalue weighted by Gasteiger charge is -2.20. The fourth-order valence-corrected chi connectivity index (χ4v) is 4.16. The SMILES string of the molecule is C=C(Cc1ccc(OC(F)(F)F)cc1)OC(=NC)c1c(O)c(-c2c(OC)cccc2OC)c(CCCC)[nH]c1=O. The highest BCUT2D eigenvalue weighted by molar-refractivity contribution is 6.00. The predicted molar refractivity (Wildman–Crippen MR) is 145 cm³/mol. The fourth-order valence-electron chi connectivity index (χ4n) is 4.16. The first kappa shape index (κ1) is 30.1. The number of aromatic hydroxyl groups is 1. The standard InChI is InChI=1S/C29H31F3N2O6/c1-6-7-9-20-23(24-21(37-4)10-8-11-22(24)38-5)26(35)25(27(36)34-20)28(33-3)39-17(2)16-18-12-14-19(15-13-18)40-29(30,31)32/h8,10-15H,2,6-7,9,16H2,1,3-5H3,(H2,34,35,36). The molecule has 0 aliphatic heterocycles. The molecule has 3 rings (SSSR count). The van der Waals surface area contributed by atoms with Crippen molar-refractivity contribution in [1.29, 1.82) is 0 Å². The van der Waals surface area contributed by atoms with Gasteiger partial charge in [-0.1, -0.05) is 38.1 Å². The molecule has 2 N–H and O–H groups in total. The van der Waals surface area contributed by atoms with Gasteiger partial charge in [0.2, 0.25) is 5.90 Å². The molecule has 1 aromatic heterocycles. The first-order valence-corrected chi connectivity index (χ1v) is 12.4. The van der Waals surface area contributed by atoms with Gasteiger partial charge < -0.3 is 29.0 Å². The second-order valence-corrected chi connectivity index (χ2v) is 8.71. The normalized spacial score (nSPS) is 11.7. The van der Waals surface area contributed by atoms with Crippen LogP contribution in [0.5, 0.6) is 23.0 Å². The van der Waals surface area contributed by atoms with E-state index in [1.54, 1.807) is 18.2 Å². The van der Waals surface area contributed by atoms with Gasteiger partial charge in [0, 0.05) is 19.2 Å². The number of allylic oxidation sites excluding steroid dienone is 1. The van der Waals surface area contributed by atoms with Gasteiger partial charge in [0.15, 0.2) is 0 Å². The Labute approximate surface area is 229 Å². The number of pyridine rings is 1. The summed E-state index contributed by atoms with van der Waals surface area (Å²) in [6.07, 6.45) is -2.65. The molecular formula is C29H31F3N2O6. The maximum atomic E-state index is 13.2. The number of benzene rings is 2. The quantitative estimate of drug-likeness (QED) is 0.166. The summed E-state index contributed by atoms with van der Waals surface area (Å²) >= 11 is 0. The average molecular weight is 561 g/mol. The Morgan fingerprint density at radius 2 is 1.68 bits per heavy atom. The number of aliphatic imine (C=N–C) groups is 1. The van der Waals surface area contributed by atoms with Crippen LogP contribution in [0.2, 0.25) is 0 Å². The van der Waals surface area contributed by atoms with E-state index >= 15 is 0 Å². The molecule has 0 bridgehead atoms. The number of halogens is 3. The van der Waals surface area contributed by atoms with E-state index in [0.29, 0.717) is 40.3 Å². The zero-order valence-electron chi connectivity index (χ0n) is 22.6. The third-order valence-corrected chi connectivity index (χ3v) is 5.94. The fraction of sp³-hybridized carbons (Fsp3) is 0.310. The van der Waals surface area contributed by atoms with Gasteiger partial charge in [-0.25, -0.2) is 0 Å². The molecule has 0 unspecified atom stereocenters. The Kier molecular flexibility index (Phi) is 9.87. The van der Waals surface area contributed by atoms with Crippen LogP contribution in [0.15, 0.2) is 64.6 Å². The van der Waals surface area contributed by atoms with E-state index in [9.17, 15) is 23.1 Å². The molecule has 0 fully saturated rings. The first-order valence-electron chi connectivity index (χ1n) is 12.4. The topological polar surface area (TPSA) is 102 Å². The van der Waals surface area contributed by atoms with E-state index in [0.717, 1.165) is 12.8 Å². The molecule has 3 aromatic rings. The van der Waals surface area contributed by atoms with Crippen LogP contribution in [0, 0.1) is 0 Å². The summed E-state index contributed by atoms with van der Waals surface area (Å²) in [4.78, 5) is 20.2. The van der Waals surface area contributed by atoms with Gasteiger partial charge in [-0.05, 0) is 42.7 Å². The molecule has 214 valence electrons. The predicted octanol–water partition coefficient (Wildman–Crippen LogP) is 6.16. The van der Waals surface area contributed by atoms with Crippen LogP contribution in [0.1, 0.15) is 36.6 Å². The highest BCUT2D eigenvalue weighted by Gasteiger charge is 2.31. The Morgan fingerprint density at radius 1 is 1.05 bits per heavy atom. The number of aromatic amines is 1. The number of methoxy groups -OCH3 is 2. The smallest absolute Gasteiger partial charge is 0.506 e. The Morgan fingerprint density at radius 3 is 2.20 bits per heavy atom. The molecule has 0 aliphatic carbocycles. The van der Waals surface area contributed by atoms with E-state index in [-0.39, 0.29) is 35.1 Å². The second-order valence-electron chi connectivity index (χ2n) is 8.71. The van der Waals surface area contributed by atoms with E-state index in [1.165, 1.54) is 45.5 Å². The molecule has 0 saturated heterocycles. The van der Waals surface area contributed by atoms with Crippen molar-refractivity contribution in [2.45, 2.75) is 39.0 Å². The summed E-state index contributed by atoms with van der Waals surface area (Å²) in [6.45, 7) is 5.86. The van der Waals surface area contributed by atoms with E-state index < -0.39 is 11.9 Å². The average Bonchev–Trinajstić information content (AvgIpc) is 2.91. The lowest BCUT2D eigenvalue weighted by molar-refractivity contribution is -0.274. The van der Waals surface area contributed by atoms with Gasteiger partial charge in [0.05, 0.1) is 25.3 Å². The molecule has 0 spiro atoms. The number of nitrogens with one attached hydrogen (secondary N) is 1. The number of hydrogen-bond acceptors (Lipinski definition) is 7. The second kappa shape index (κ2) is 13.1. The van der Waals surface area contributed by atoms with Gasteiger partial charge in [0.25, 0.3) is 5.56 Å². The largest absolute Gasteiger partial charge is 0.573 e. The van der Waals surface area contributed by atoms with Crippen LogP contribution in [-0.2, 0) is 17.6 Å². The number of H-pyrrole nitrogens is 1. The summed E-state index contributed by atoms with van der Waals surface area (Å²) in [5.41, 5.74) is 0.981.